The standard InChI is InChI=1S/C5H12BNO3/c7-4-10-6-3-1-2-5(8)9/h6H,1-4,7H2,(H,8,9). The highest BCUT2D eigenvalue weighted by molar-refractivity contribution is 6.27. The van der Waals surface area contributed by atoms with Gasteiger partial charge < -0.3 is 15.5 Å². The molecular formula is C5H12BNO3. The molecule has 0 amide bonds. The molecule has 58 valence electrons. The quantitative estimate of drug-likeness (QED) is 0.301. The predicted molar refractivity (Wildman–Crippen MR) is 39.0 cm³/mol. The molecule has 0 fully saturated rings. The maximum Gasteiger partial charge on any atom is 0.303 e. The lowest BCUT2D eigenvalue weighted by Crippen LogP contribution is -2.08. The number of hydrogen-bond donors (Lipinski definition) is 2. The molecule has 0 aromatic rings. The Balaban J connectivity index is 2.84. The lowest BCUT2D eigenvalue weighted by atomic mass is 9.92. The third kappa shape index (κ3) is 7.45. The average Bonchev–Trinajstić information content (AvgIpc) is 1.87. The molecule has 0 aliphatic heterocycles. The van der Waals surface area contributed by atoms with E-state index in [9.17, 15) is 4.79 Å². The van der Waals surface area contributed by atoms with Crippen molar-refractivity contribution < 1.29 is 14.6 Å². The smallest absolute Gasteiger partial charge is 0.303 e. The van der Waals surface area contributed by atoms with Crippen molar-refractivity contribution in [3.8, 4) is 0 Å². The first-order chi connectivity index (χ1) is 4.77. The Bertz CT molecular complexity index is 98.9. The van der Waals surface area contributed by atoms with Gasteiger partial charge in [0.1, 0.15) is 0 Å². The Labute approximate surface area is 60.6 Å². The molecule has 0 aliphatic rings. The van der Waals surface area contributed by atoms with Gasteiger partial charge in [-0.2, -0.15) is 0 Å². The zero-order valence-corrected chi connectivity index (χ0v) is 5.88. The van der Waals surface area contributed by atoms with Gasteiger partial charge in [-0.05, 0) is 6.42 Å². The second-order valence-corrected chi connectivity index (χ2v) is 1.93. The summed E-state index contributed by atoms with van der Waals surface area (Å²) in [7, 11) is 0.559. The van der Waals surface area contributed by atoms with Crippen LogP contribution >= 0.6 is 0 Å². The van der Waals surface area contributed by atoms with Crippen molar-refractivity contribution in [2.24, 2.45) is 5.73 Å². The van der Waals surface area contributed by atoms with Crippen LogP contribution in [-0.4, -0.2) is 25.3 Å². The average molecular weight is 145 g/mol. The highest BCUT2D eigenvalue weighted by Gasteiger charge is 1.96. The molecular weight excluding hydrogens is 133 g/mol. The predicted octanol–water partition coefficient (Wildman–Crippen LogP) is -0.446. The molecule has 0 atom stereocenters. The van der Waals surface area contributed by atoms with Crippen LogP contribution in [0, 0.1) is 0 Å². The summed E-state index contributed by atoms with van der Waals surface area (Å²) >= 11 is 0. The van der Waals surface area contributed by atoms with E-state index in [-0.39, 0.29) is 13.2 Å². The van der Waals surface area contributed by atoms with E-state index >= 15 is 0 Å². The summed E-state index contributed by atoms with van der Waals surface area (Å²) in [4.78, 5) is 9.97. The molecule has 0 radical (unpaired) electrons. The fourth-order valence-corrected chi connectivity index (χ4v) is 0.564. The Hall–Kier alpha value is -0.545. The molecule has 0 bridgehead atoms. The maximum atomic E-state index is 9.97. The van der Waals surface area contributed by atoms with Crippen LogP contribution in [-0.2, 0) is 9.45 Å². The molecule has 0 heterocycles. The number of carbonyl (C=O) groups is 1. The van der Waals surface area contributed by atoms with E-state index in [1.165, 1.54) is 0 Å². The van der Waals surface area contributed by atoms with Crippen molar-refractivity contribution in [3.63, 3.8) is 0 Å². The van der Waals surface area contributed by atoms with E-state index in [0.717, 1.165) is 6.32 Å². The van der Waals surface area contributed by atoms with E-state index in [1.807, 2.05) is 0 Å². The lowest BCUT2D eigenvalue weighted by molar-refractivity contribution is -0.137. The summed E-state index contributed by atoms with van der Waals surface area (Å²) in [5.41, 5.74) is 5.03. The monoisotopic (exact) mass is 145 g/mol. The van der Waals surface area contributed by atoms with Gasteiger partial charge in [0.2, 0.25) is 0 Å². The topological polar surface area (TPSA) is 72.5 Å². The Morgan fingerprint density at radius 1 is 1.70 bits per heavy atom. The first kappa shape index (κ1) is 9.45. The molecule has 0 saturated heterocycles. The van der Waals surface area contributed by atoms with Gasteiger partial charge >= 0.3 is 5.97 Å². The van der Waals surface area contributed by atoms with Gasteiger partial charge in [-0.15, -0.1) is 0 Å². The Morgan fingerprint density at radius 2 is 2.40 bits per heavy atom. The number of hydrogen-bond acceptors (Lipinski definition) is 3. The summed E-state index contributed by atoms with van der Waals surface area (Å²) in [6, 6.07) is 0. The number of nitrogens with two attached hydrogens (primary N) is 1. The largest absolute Gasteiger partial charge is 0.481 e. The zero-order valence-electron chi connectivity index (χ0n) is 5.88. The zero-order chi connectivity index (χ0) is 7.82. The fourth-order valence-electron chi connectivity index (χ4n) is 0.564. The second-order valence-electron chi connectivity index (χ2n) is 1.93. The molecule has 10 heavy (non-hydrogen) atoms. The number of carboxylic acids is 1. The van der Waals surface area contributed by atoms with Gasteiger partial charge in [-0.25, -0.2) is 0 Å². The Kier molecular flexibility index (Phi) is 6.21. The second kappa shape index (κ2) is 6.57. The molecule has 0 aliphatic carbocycles. The first-order valence-electron chi connectivity index (χ1n) is 3.27. The van der Waals surface area contributed by atoms with Crippen LogP contribution in [0.15, 0.2) is 0 Å². The van der Waals surface area contributed by atoms with Crippen LogP contribution in [0.2, 0.25) is 6.32 Å². The van der Waals surface area contributed by atoms with Gasteiger partial charge in [-0.1, -0.05) is 6.32 Å². The van der Waals surface area contributed by atoms with Gasteiger partial charge in [-0.3, -0.25) is 4.79 Å². The summed E-state index contributed by atoms with van der Waals surface area (Å²) in [6.07, 6.45) is 1.65. The normalized spacial score (nSPS) is 9.30. The molecule has 0 aromatic heterocycles. The molecule has 4 nitrogen and oxygen atoms in total. The van der Waals surface area contributed by atoms with Crippen LogP contribution in [0.25, 0.3) is 0 Å². The van der Waals surface area contributed by atoms with E-state index < -0.39 is 5.97 Å². The minimum Gasteiger partial charge on any atom is -0.481 e. The summed E-state index contributed by atoms with van der Waals surface area (Å²) in [6.45, 7) is 0.215. The van der Waals surface area contributed by atoms with Crippen LogP contribution in [0.5, 0.6) is 0 Å². The lowest BCUT2D eigenvalue weighted by Gasteiger charge is -1.95. The van der Waals surface area contributed by atoms with Gasteiger partial charge in [0.05, 0.1) is 6.73 Å². The van der Waals surface area contributed by atoms with Crippen LogP contribution < -0.4 is 5.73 Å². The van der Waals surface area contributed by atoms with Crippen molar-refractivity contribution >= 4 is 13.5 Å². The fraction of sp³-hybridized carbons (Fsp3) is 0.800. The van der Waals surface area contributed by atoms with Gasteiger partial charge in [0, 0.05) is 6.42 Å². The maximum absolute atomic E-state index is 9.97. The van der Waals surface area contributed by atoms with Crippen molar-refractivity contribution in [3.05, 3.63) is 0 Å². The van der Waals surface area contributed by atoms with Crippen molar-refractivity contribution in [1.82, 2.24) is 0 Å². The van der Waals surface area contributed by atoms with E-state index in [4.69, 9.17) is 15.5 Å². The highest BCUT2D eigenvalue weighted by atomic mass is 16.4. The molecule has 0 spiro atoms. The van der Waals surface area contributed by atoms with Crippen molar-refractivity contribution in [2.45, 2.75) is 19.2 Å². The molecule has 0 unspecified atom stereocenters. The summed E-state index contributed by atoms with van der Waals surface area (Å²) < 4.78 is 4.80. The van der Waals surface area contributed by atoms with Gasteiger partial charge in [0.15, 0.2) is 0 Å². The Morgan fingerprint density at radius 3 is 2.90 bits per heavy atom. The van der Waals surface area contributed by atoms with Crippen molar-refractivity contribution in [1.29, 1.82) is 0 Å². The molecule has 0 saturated carbocycles. The molecule has 5 heteroatoms. The third-order valence-electron chi connectivity index (χ3n) is 1.05. The van der Waals surface area contributed by atoms with Crippen LogP contribution in [0.4, 0.5) is 0 Å². The molecule has 0 aromatic carbocycles. The highest BCUT2D eigenvalue weighted by Crippen LogP contribution is 1.94. The summed E-state index contributed by atoms with van der Waals surface area (Å²) in [5.74, 6) is -0.757. The van der Waals surface area contributed by atoms with Crippen LogP contribution in [0.1, 0.15) is 12.8 Å². The SMILES string of the molecule is NCOBCCCC(=O)O. The number of aliphatic carboxylic acids is 1. The van der Waals surface area contributed by atoms with Crippen LogP contribution in [0.3, 0.4) is 0 Å². The van der Waals surface area contributed by atoms with E-state index in [0.29, 0.717) is 13.9 Å². The first-order valence-corrected chi connectivity index (χ1v) is 3.27. The van der Waals surface area contributed by atoms with E-state index in [2.05, 4.69) is 0 Å². The summed E-state index contributed by atoms with van der Waals surface area (Å²) in [5, 5.41) is 8.20. The van der Waals surface area contributed by atoms with Crippen molar-refractivity contribution in [2.75, 3.05) is 6.73 Å². The van der Waals surface area contributed by atoms with Gasteiger partial charge in [0.25, 0.3) is 7.48 Å². The third-order valence-corrected chi connectivity index (χ3v) is 1.05. The minimum atomic E-state index is -0.757. The molecule has 0 rings (SSSR count). The number of carboxylic acid groups (broad SMARTS) is 1. The number of rotatable bonds is 6. The minimum absolute atomic E-state index is 0.215. The molecule has 3 N–H and O–H groups in total. The van der Waals surface area contributed by atoms with E-state index in [1.54, 1.807) is 0 Å².